The Morgan fingerprint density at radius 2 is 1.88 bits per heavy atom. The SMILES string of the molecule is CN1C[C@H]2C[C@@H](COc3cc4ncnc(Nc5ccc(OCc6ccccn6)c(Cl)c5)c4cc3[N+](=O)[O-])C[C@H]2C1. The molecule has 6 rings (SSSR count). The molecule has 1 aliphatic heterocycles. The van der Waals surface area contributed by atoms with E-state index >= 15 is 0 Å². The summed E-state index contributed by atoms with van der Waals surface area (Å²) in [6, 6.07) is 14.0. The lowest BCUT2D eigenvalue weighted by molar-refractivity contribution is -0.385. The number of rotatable bonds is 9. The Labute approximate surface area is 236 Å². The topological polar surface area (TPSA) is 116 Å². The van der Waals surface area contributed by atoms with Crippen LogP contribution < -0.4 is 14.8 Å². The zero-order valence-corrected chi connectivity index (χ0v) is 22.8. The van der Waals surface area contributed by atoms with Gasteiger partial charge in [-0.3, -0.25) is 15.1 Å². The van der Waals surface area contributed by atoms with Crippen molar-refractivity contribution in [3.8, 4) is 11.5 Å². The van der Waals surface area contributed by atoms with Crippen LogP contribution in [0.2, 0.25) is 5.02 Å². The number of halogens is 1. The van der Waals surface area contributed by atoms with E-state index in [-0.39, 0.29) is 18.0 Å². The second-order valence-corrected chi connectivity index (χ2v) is 11.0. The first kappa shape index (κ1) is 26.2. The first-order valence-electron chi connectivity index (χ1n) is 13.3. The summed E-state index contributed by atoms with van der Waals surface area (Å²) in [5.74, 6) is 2.96. The monoisotopic (exact) mass is 560 g/mol. The molecule has 2 aromatic carbocycles. The molecule has 4 aromatic rings. The Morgan fingerprint density at radius 3 is 2.60 bits per heavy atom. The van der Waals surface area contributed by atoms with Crippen LogP contribution in [-0.2, 0) is 6.61 Å². The van der Waals surface area contributed by atoms with E-state index in [1.165, 1.54) is 12.4 Å². The molecule has 0 unspecified atom stereocenters. The van der Waals surface area contributed by atoms with Gasteiger partial charge in [-0.05, 0) is 68.0 Å². The van der Waals surface area contributed by atoms with Gasteiger partial charge in [0.2, 0.25) is 0 Å². The van der Waals surface area contributed by atoms with Crippen molar-refractivity contribution in [3.05, 3.63) is 81.9 Å². The van der Waals surface area contributed by atoms with E-state index in [2.05, 4.69) is 32.2 Å². The van der Waals surface area contributed by atoms with E-state index in [1.54, 1.807) is 30.5 Å². The van der Waals surface area contributed by atoms with Gasteiger partial charge in [-0.15, -0.1) is 0 Å². The van der Waals surface area contributed by atoms with Crippen LogP contribution in [-0.4, -0.2) is 51.5 Å². The van der Waals surface area contributed by atoms with Crippen molar-refractivity contribution in [2.45, 2.75) is 19.4 Å². The smallest absolute Gasteiger partial charge is 0.311 e. The minimum absolute atomic E-state index is 0.112. The lowest BCUT2D eigenvalue weighted by Crippen LogP contribution is -2.18. The Bertz CT molecular complexity index is 1520. The second-order valence-electron chi connectivity index (χ2n) is 10.6. The van der Waals surface area contributed by atoms with Gasteiger partial charge in [-0.2, -0.15) is 0 Å². The average Bonchev–Trinajstić information content (AvgIpc) is 3.48. The molecule has 3 atom stereocenters. The van der Waals surface area contributed by atoms with Gasteiger partial charge < -0.3 is 19.7 Å². The number of fused-ring (bicyclic) bond motifs is 2. The van der Waals surface area contributed by atoms with Crippen LogP contribution in [0.5, 0.6) is 11.5 Å². The van der Waals surface area contributed by atoms with Crippen molar-refractivity contribution in [2.75, 3.05) is 32.1 Å². The third-order valence-electron chi connectivity index (χ3n) is 7.71. The van der Waals surface area contributed by atoms with Crippen molar-refractivity contribution in [2.24, 2.45) is 17.8 Å². The lowest BCUT2D eigenvalue weighted by atomic mass is 10.0. The maximum absolute atomic E-state index is 12.0. The van der Waals surface area contributed by atoms with Crippen molar-refractivity contribution in [1.82, 2.24) is 19.9 Å². The van der Waals surface area contributed by atoms with Gasteiger partial charge in [0.25, 0.3) is 0 Å². The highest BCUT2D eigenvalue weighted by Gasteiger charge is 2.40. The van der Waals surface area contributed by atoms with Gasteiger partial charge in [0.1, 0.15) is 24.5 Å². The Kier molecular flexibility index (Phi) is 7.36. The molecule has 0 bridgehead atoms. The molecule has 1 aliphatic carbocycles. The van der Waals surface area contributed by atoms with Gasteiger partial charge in [0, 0.05) is 37.1 Å². The van der Waals surface area contributed by atoms with Crippen LogP contribution in [0.1, 0.15) is 18.5 Å². The lowest BCUT2D eigenvalue weighted by Gasteiger charge is -2.16. The number of likely N-dealkylation sites (tertiary alicyclic amines) is 1. The molecule has 1 saturated carbocycles. The highest BCUT2D eigenvalue weighted by atomic mass is 35.5. The van der Waals surface area contributed by atoms with Crippen LogP contribution in [0.25, 0.3) is 10.9 Å². The molecule has 10 nitrogen and oxygen atoms in total. The predicted octanol–water partition coefficient (Wildman–Crippen LogP) is 5.88. The quantitative estimate of drug-likeness (QED) is 0.198. The van der Waals surface area contributed by atoms with Gasteiger partial charge in [-0.25, -0.2) is 9.97 Å². The second kappa shape index (κ2) is 11.2. The molecule has 11 heteroatoms. The number of nitro groups is 1. The number of hydrogen-bond acceptors (Lipinski definition) is 9. The maximum atomic E-state index is 12.0. The summed E-state index contributed by atoms with van der Waals surface area (Å²) in [6.45, 7) is 3.00. The third kappa shape index (κ3) is 5.64. The standard InChI is InChI=1S/C29H29ClN6O4/c1-35-13-19-8-18(9-20(19)14-35)15-39-28-12-25-23(11-26(28)36(37)38)29(33-17-32-25)34-21-5-6-27(24(30)10-21)40-16-22-4-2-3-7-31-22/h2-7,10-12,17-20H,8-9,13-16H2,1H3,(H,32,33,34)/t18-,19-,20+. The predicted molar refractivity (Wildman–Crippen MR) is 152 cm³/mol. The van der Waals surface area contributed by atoms with Crippen LogP contribution >= 0.6 is 11.6 Å². The Balaban J connectivity index is 1.18. The fourth-order valence-corrected chi connectivity index (χ4v) is 6.14. The first-order chi connectivity index (χ1) is 19.4. The van der Waals surface area contributed by atoms with Crippen molar-refractivity contribution in [1.29, 1.82) is 0 Å². The Morgan fingerprint density at radius 1 is 1.05 bits per heavy atom. The molecule has 2 aromatic heterocycles. The van der Waals surface area contributed by atoms with Crippen LogP contribution in [0.3, 0.4) is 0 Å². The summed E-state index contributed by atoms with van der Waals surface area (Å²) in [4.78, 5) is 26.9. The molecular weight excluding hydrogens is 532 g/mol. The van der Waals surface area contributed by atoms with E-state index in [1.807, 2.05) is 18.2 Å². The Hall–Kier alpha value is -4.02. The minimum Gasteiger partial charge on any atom is -0.486 e. The fourth-order valence-electron chi connectivity index (χ4n) is 5.90. The normalized spacial score (nSPS) is 20.4. The number of nitrogens with zero attached hydrogens (tertiary/aromatic N) is 5. The number of nitro benzene ring substituents is 1. The van der Waals surface area contributed by atoms with E-state index in [0.29, 0.717) is 57.5 Å². The van der Waals surface area contributed by atoms with Gasteiger partial charge in [0.05, 0.1) is 33.1 Å². The molecule has 2 aliphatic rings. The largest absolute Gasteiger partial charge is 0.486 e. The number of pyridine rings is 1. The number of aromatic nitrogens is 3. The van der Waals surface area contributed by atoms with Crippen molar-refractivity contribution < 1.29 is 14.4 Å². The van der Waals surface area contributed by atoms with Crippen LogP contribution in [0.4, 0.5) is 17.2 Å². The van der Waals surface area contributed by atoms with Gasteiger partial charge in [0.15, 0.2) is 5.75 Å². The maximum Gasteiger partial charge on any atom is 0.311 e. The molecule has 206 valence electrons. The average molecular weight is 561 g/mol. The number of benzene rings is 2. The van der Waals surface area contributed by atoms with E-state index in [0.717, 1.165) is 31.6 Å². The summed E-state index contributed by atoms with van der Waals surface area (Å²) in [7, 11) is 2.16. The summed E-state index contributed by atoms with van der Waals surface area (Å²) < 4.78 is 11.9. The van der Waals surface area contributed by atoms with Gasteiger partial charge in [-0.1, -0.05) is 17.7 Å². The highest BCUT2D eigenvalue weighted by molar-refractivity contribution is 6.32. The molecule has 3 heterocycles. The zero-order chi connectivity index (χ0) is 27.6. The van der Waals surface area contributed by atoms with Crippen LogP contribution in [0, 0.1) is 27.9 Å². The summed E-state index contributed by atoms with van der Waals surface area (Å²) in [6.07, 6.45) is 5.32. The molecular formula is C29H29ClN6O4. The number of anilines is 2. The van der Waals surface area contributed by atoms with Gasteiger partial charge >= 0.3 is 5.69 Å². The van der Waals surface area contributed by atoms with Crippen molar-refractivity contribution >= 4 is 39.7 Å². The van der Waals surface area contributed by atoms with Crippen LogP contribution in [0.15, 0.2) is 61.1 Å². The van der Waals surface area contributed by atoms with E-state index in [4.69, 9.17) is 21.1 Å². The fraction of sp³-hybridized carbons (Fsp3) is 0.345. The van der Waals surface area contributed by atoms with E-state index < -0.39 is 4.92 Å². The molecule has 0 radical (unpaired) electrons. The molecule has 1 N–H and O–H groups in total. The first-order valence-corrected chi connectivity index (χ1v) is 13.6. The minimum atomic E-state index is -0.422. The molecule has 0 amide bonds. The zero-order valence-electron chi connectivity index (χ0n) is 22.0. The molecule has 2 fully saturated rings. The number of nitrogens with one attached hydrogen (secondary N) is 1. The van der Waals surface area contributed by atoms with E-state index in [9.17, 15) is 10.1 Å². The number of hydrogen-bond donors (Lipinski definition) is 1. The third-order valence-corrected chi connectivity index (χ3v) is 8.01. The molecule has 0 spiro atoms. The summed E-state index contributed by atoms with van der Waals surface area (Å²) in [5.41, 5.74) is 1.87. The van der Waals surface area contributed by atoms with Crippen molar-refractivity contribution in [3.63, 3.8) is 0 Å². The molecule has 1 saturated heterocycles. The summed E-state index contributed by atoms with van der Waals surface area (Å²) >= 11 is 6.47. The molecule has 40 heavy (non-hydrogen) atoms. The highest BCUT2D eigenvalue weighted by Crippen LogP contribution is 2.42. The summed E-state index contributed by atoms with van der Waals surface area (Å²) in [5, 5.41) is 16.1. The number of ether oxygens (including phenoxy) is 2.